The van der Waals surface area contributed by atoms with E-state index in [2.05, 4.69) is 39.5 Å². The van der Waals surface area contributed by atoms with E-state index in [1.165, 1.54) is 0 Å². The Morgan fingerprint density at radius 3 is 2.60 bits per heavy atom. The monoisotopic (exact) mass is 460 g/mol. The van der Waals surface area contributed by atoms with Crippen molar-refractivity contribution in [2.45, 2.75) is 26.4 Å². The van der Waals surface area contributed by atoms with Crippen molar-refractivity contribution in [3.63, 3.8) is 0 Å². The molecule has 25 heavy (non-hydrogen) atoms. The van der Waals surface area contributed by atoms with E-state index in [4.69, 9.17) is 4.42 Å². The second-order valence-electron chi connectivity index (χ2n) is 5.51. The van der Waals surface area contributed by atoms with Crippen LogP contribution in [0.4, 0.5) is 0 Å². The zero-order chi connectivity index (χ0) is 17.4. The summed E-state index contributed by atoms with van der Waals surface area (Å²) in [6, 6.07) is 6.12. The Labute approximate surface area is 166 Å². The van der Waals surface area contributed by atoms with Crippen LogP contribution in [0.3, 0.4) is 0 Å². The van der Waals surface area contributed by atoms with Crippen LogP contribution in [0.1, 0.15) is 31.3 Å². The first kappa shape index (κ1) is 21.5. The van der Waals surface area contributed by atoms with Crippen LogP contribution >= 0.6 is 24.0 Å². The van der Waals surface area contributed by atoms with Crippen LogP contribution in [0, 0.1) is 0 Å². The van der Waals surface area contributed by atoms with Crippen LogP contribution in [0.25, 0.3) is 0 Å². The number of hydrogen-bond donors (Lipinski definition) is 2. The number of halogens is 1. The molecule has 0 amide bonds. The van der Waals surface area contributed by atoms with Gasteiger partial charge in [0.1, 0.15) is 5.76 Å². The molecule has 2 heterocycles. The van der Waals surface area contributed by atoms with E-state index in [-0.39, 0.29) is 30.0 Å². The summed E-state index contributed by atoms with van der Waals surface area (Å²) in [5, 5.41) is 10.9. The van der Waals surface area contributed by atoms with Gasteiger partial charge >= 0.3 is 0 Å². The van der Waals surface area contributed by atoms with E-state index in [9.17, 15) is 0 Å². The summed E-state index contributed by atoms with van der Waals surface area (Å²) in [4.78, 5) is 6.66. The van der Waals surface area contributed by atoms with Crippen LogP contribution < -0.4 is 10.6 Å². The first-order chi connectivity index (χ1) is 11.7. The molecule has 0 saturated heterocycles. The van der Waals surface area contributed by atoms with Crippen LogP contribution in [-0.2, 0) is 13.6 Å². The average Bonchev–Trinajstić information content (AvgIpc) is 3.26. The average molecular weight is 460 g/mol. The number of hydrogen-bond acceptors (Lipinski definition) is 4. The number of furan rings is 1. The van der Waals surface area contributed by atoms with Crippen molar-refractivity contribution in [3.8, 4) is 0 Å². The molecule has 1 unspecified atom stereocenters. The highest BCUT2D eigenvalue weighted by Gasteiger charge is 2.20. The number of aromatic nitrogens is 2. The van der Waals surface area contributed by atoms with Crippen molar-refractivity contribution in [2.24, 2.45) is 12.0 Å². The standard InChI is InChI=1S/C17H28N6O.HI/c1-5-23(6-2)15(16-8-7-11-24-16)13-20-17(18-3)19-12-14-9-10-21-22(14)4;/h7-11,15H,5-6,12-13H2,1-4H3,(H2,18,19,20);1H. The maximum absolute atomic E-state index is 5.63. The molecule has 140 valence electrons. The lowest BCUT2D eigenvalue weighted by atomic mass is 10.2. The topological polar surface area (TPSA) is 70.6 Å². The van der Waals surface area contributed by atoms with Gasteiger partial charge in [-0.05, 0) is 31.3 Å². The van der Waals surface area contributed by atoms with Gasteiger partial charge in [-0.3, -0.25) is 14.6 Å². The molecule has 0 radical (unpaired) electrons. The molecule has 0 spiro atoms. The summed E-state index contributed by atoms with van der Waals surface area (Å²) in [7, 11) is 3.71. The van der Waals surface area contributed by atoms with Gasteiger partial charge in [-0.15, -0.1) is 24.0 Å². The Hall–Kier alpha value is -1.55. The molecule has 0 aliphatic rings. The first-order valence-corrected chi connectivity index (χ1v) is 8.38. The van der Waals surface area contributed by atoms with E-state index in [0.29, 0.717) is 6.54 Å². The second-order valence-corrected chi connectivity index (χ2v) is 5.51. The van der Waals surface area contributed by atoms with Crippen molar-refractivity contribution in [3.05, 3.63) is 42.1 Å². The minimum absolute atomic E-state index is 0. The van der Waals surface area contributed by atoms with E-state index >= 15 is 0 Å². The highest BCUT2D eigenvalue weighted by molar-refractivity contribution is 14.0. The molecule has 7 nitrogen and oxygen atoms in total. The summed E-state index contributed by atoms with van der Waals surface area (Å²) in [5.41, 5.74) is 1.10. The van der Waals surface area contributed by atoms with Gasteiger partial charge in [-0.1, -0.05) is 13.8 Å². The molecule has 0 bridgehead atoms. The van der Waals surface area contributed by atoms with Crippen LogP contribution in [0.15, 0.2) is 40.1 Å². The van der Waals surface area contributed by atoms with Crippen molar-refractivity contribution in [2.75, 3.05) is 26.7 Å². The fraction of sp³-hybridized carbons (Fsp3) is 0.529. The fourth-order valence-corrected chi connectivity index (χ4v) is 2.72. The molecule has 0 aromatic carbocycles. The lowest BCUT2D eigenvalue weighted by molar-refractivity contribution is 0.193. The maximum Gasteiger partial charge on any atom is 0.191 e. The number of guanidine groups is 1. The summed E-state index contributed by atoms with van der Waals surface area (Å²) in [6.45, 7) is 7.64. The number of rotatable bonds is 8. The molecule has 2 aromatic heterocycles. The Kier molecular flexibility index (Phi) is 9.58. The zero-order valence-electron chi connectivity index (χ0n) is 15.4. The molecule has 0 saturated carbocycles. The quantitative estimate of drug-likeness (QED) is 0.360. The molecule has 2 rings (SSSR count). The molecule has 0 fully saturated rings. The van der Waals surface area contributed by atoms with Crippen LogP contribution in [0.5, 0.6) is 0 Å². The highest BCUT2D eigenvalue weighted by Crippen LogP contribution is 2.20. The molecular formula is C17H29IN6O. The van der Waals surface area contributed by atoms with Crippen molar-refractivity contribution >= 4 is 29.9 Å². The Bertz CT molecular complexity index is 621. The molecule has 2 aromatic rings. The van der Waals surface area contributed by atoms with Gasteiger partial charge < -0.3 is 15.1 Å². The molecule has 8 heteroatoms. The second kappa shape index (κ2) is 11.1. The Morgan fingerprint density at radius 1 is 1.32 bits per heavy atom. The minimum Gasteiger partial charge on any atom is -0.468 e. The van der Waals surface area contributed by atoms with E-state index in [0.717, 1.165) is 37.0 Å². The predicted molar refractivity (Wildman–Crippen MR) is 111 cm³/mol. The Balaban J connectivity index is 0.00000312. The van der Waals surface area contributed by atoms with Gasteiger partial charge in [0.25, 0.3) is 0 Å². The summed E-state index contributed by atoms with van der Waals surface area (Å²) >= 11 is 0. The highest BCUT2D eigenvalue weighted by atomic mass is 127. The van der Waals surface area contributed by atoms with Gasteiger partial charge in [-0.2, -0.15) is 5.10 Å². The Morgan fingerprint density at radius 2 is 2.08 bits per heavy atom. The van der Waals surface area contributed by atoms with Gasteiger partial charge in [0, 0.05) is 26.8 Å². The SMILES string of the molecule is CCN(CC)C(CNC(=NC)NCc1ccnn1C)c1ccco1.I. The van der Waals surface area contributed by atoms with E-state index in [1.54, 1.807) is 19.5 Å². The van der Waals surface area contributed by atoms with Crippen molar-refractivity contribution < 1.29 is 4.42 Å². The predicted octanol–water partition coefficient (Wildman–Crippen LogP) is 2.38. The largest absolute Gasteiger partial charge is 0.468 e. The number of aliphatic imine (C=N–C) groups is 1. The van der Waals surface area contributed by atoms with E-state index in [1.807, 2.05) is 29.9 Å². The smallest absolute Gasteiger partial charge is 0.191 e. The summed E-state index contributed by atoms with van der Waals surface area (Å²) in [6.07, 6.45) is 3.52. The lowest BCUT2D eigenvalue weighted by Gasteiger charge is -2.28. The minimum atomic E-state index is 0. The van der Waals surface area contributed by atoms with E-state index < -0.39 is 0 Å². The van der Waals surface area contributed by atoms with Gasteiger partial charge in [0.05, 0.1) is 24.5 Å². The third-order valence-electron chi connectivity index (χ3n) is 4.17. The maximum atomic E-state index is 5.63. The first-order valence-electron chi connectivity index (χ1n) is 8.38. The lowest BCUT2D eigenvalue weighted by Crippen LogP contribution is -2.43. The number of nitrogens with zero attached hydrogens (tertiary/aromatic N) is 4. The normalized spacial score (nSPS) is 12.8. The zero-order valence-corrected chi connectivity index (χ0v) is 17.7. The third-order valence-corrected chi connectivity index (χ3v) is 4.17. The van der Waals surface area contributed by atoms with Gasteiger partial charge in [0.2, 0.25) is 0 Å². The van der Waals surface area contributed by atoms with Crippen LogP contribution in [0.2, 0.25) is 0 Å². The molecule has 1 atom stereocenters. The van der Waals surface area contributed by atoms with Crippen molar-refractivity contribution in [1.82, 2.24) is 25.3 Å². The van der Waals surface area contributed by atoms with Gasteiger partial charge in [0.15, 0.2) is 5.96 Å². The number of aryl methyl sites for hydroxylation is 1. The summed E-state index contributed by atoms with van der Waals surface area (Å²) in [5.74, 6) is 1.73. The number of likely N-dealkylation sites (N-methyl/N-ethyl adjacent to an activating group) is 1. The third kappa shape index (κ3) is 6.03. The van der Waals surface area contributed by atoms with Crippen LogP contribution in [-0.4, -0.2) is 47.3 Å². The van der Waals surface area contributed by atoms with Crippen molar-refractivity contribution in [1.29, 1.82) is 0 Å². The molecular weight excluding hydrogens is 431 g/mol. The molecule has 2 N–H and O–H groups in total. The summed E-state index contributed by atoms with van der Waals surface area (Å²) < 4.78 is 7.48. The fourth-order valence-electron chi connectivity index (χ4n) is 2.72. The molecule has 0 aliphatic heterocycles. The molecule has 0 aliphatic carbocycles. The number of nitrogens with one attached hydrogen (secondary N) is 2. The van der Waals surface area contributed by atoms with Gasteiger partial charge in [-0.25, -0.2) is 0 Å².